The molecule has 6 nitrogen and oxygen atoms in total. The van der Waals surface area contributed by atoms with Gasteiger partial charge in [-0.2, -0.15) is 0 Å². The van der Waals surface area contributed by atoms with Crippen molar-refractivity contribution < 1.29 is 23.4 Å². The number of rotatable bonds is 6. The van der Waals surface area contributed by atoms with Crippen LogP contribution in [-0.2, 0) is 14.8 Å². The Labute approximate surface area is 118 Å². The number of carboxylic acid groups (broad SMARTS) is 1. The lowest BCUT2D eigenvalue weighted by atomic mass is 10.0. The molecule has 0 bridgehead atoms. The van der Waals surface area contributed by atoms with Gasteiger partial charge in [-0.3, -0.25) is 0 Å². The molecule has 7 heteroatoms. The molecule has 0 aliphatic rings. The van der Waals surface area contributed by atoms with E-state index in [4.69, 9.17) is 5.11 Å². The van der Waals surface area contributed by atoms with Crippen LogP contribution in [-0.4, -0.2) is 36.7 Å². The van der Waals surface area contributed by atoms with Gasteiger partial charge in [0.1, 0.15) is 0 Å². The summed E-state index contributed by atoms with van der Waals surface area (Å²) in [7, 11) is -3.84. The Kier molecular flexibility index (Phi) is 4.90. The van der Waals surface area contributed by atoms with Crippen LogP contribution in [0.5, 0.6) is 0 Å². The number of aliphatic carboxylic acids is 1. The standard InChI is InChI=1S/C13H19NO5S/c1-9(2)10-4-6-11(7-5-10)20(18,19)14-8-13(3,17)12(15)16/h4-7,9,14,17H,8H2,1-3H3,(H,15,16). The average Bonchev–Trinajstić information content (AvgIpc) is 2.36. The van der Waals surface area contributed by atoms with Crippen molar-refractivity contribution >= 4 is 16.0 Å². The number of carbonyl (C=O) groups is 1. The predicted octanol–water partition coefficient (Wildman–Crippen LogP) is 0.924. The van der Waals surface area contributed by atoms with E-state index in [2.05, 4.69) is 4.72 Å². The second kappa shape index (κ2) is 5.90. The Morgan fingerprint density at radius 3 is 2.20 bits per heavy atom. The highest BCUT2D eigenvalue weighted by molar-refractivity contribution is 7.89. The molecule has 112 valence electrons. The molecule has 0 radical (unpaired) electrons. The zero-order valence-corrected chi connectivity index (χ0v) is 12.4. The molecule has 1 aromatic rings. The maximum Gasteiger partial charge on any atom is 0.336 e. The largest absolute Gasteiger partial charge is 0.479 e. The van der Waals surface area contributed by atoms with Crippen LogP contribution >= 0.6 is 0 Å². The minimum atomic E-state index is -3.84. The number of hydrogen-bond donors (Lipinski definition) is 3. The topological polar surface area (TPSA) is 104 Å². The first-order valence-electron chi connectivity index (χ1n) is 6.11. The van der Waals surface area contributed by atoms with Gasteiger partial charge < -0.3 is 10.2 Å². The van der Waals surface area contributed by atoms with Crippen molar-refractivity contribution in [1.29, 1.82) is 0 Å². The lowest BCUT2D eigenvalue weighted by Crippen LogP contribution is -2.46. The maximum absolute atomic E-state index is 12.0. The van der Waals surface area contributed by atoms with Crippen LogP contribution in [0.3, 0.4) is 0 Å². The van der Waals surface area contributed by atoms with Crippen LogP contribution in [0, 0.1) is 0 Å². The number of aliphatic hydroxyl groups is 1. The summed E-state index contributed by atoms with van der Waals surface area (Å²) in [6, 6.07) is 6.31. The highest BCUT2D eigenvalue weighted by Gasteiger charge is 2.31. The fourth-order valence-electron chi connectivity index (χ4n) is 1.43. The molecule has 1 rings (SSSR count). The predicted molar refractivity (Wildman–Crippen MR) is 74.0 cm³/mol. The third kappa shape index (κ3) is 4.03. The molecule has 0 heterocycles. The fourth-order valence-corrected chi connectivity index (χ4v) is 2.56. The number of carboxylic acids is 1. The van der Waals surface area contributed by atoms with E-state index in [9.17, 15) is 18.3 Å². The van der Waals surface area contributed by atoms with E-state index < -0.39 is 28.1 Å². The quantitative estimate of drug-likeness (QED) is 0.725. The van der Waals surface area contributed by atoms with Crippen LogP contribution < -0.4 is 4.72 Å². The van der Waals surface area contributed by atoms with Crippen molar-refractivity contribution in [2.75, 3.05) is 6.54 Å². The summed E-state index contributed by atoms with van der Waals surface area (Å²) < 4.78 is 26.0. The van der Waals surface area contributed by atoms with Crippen molar-refractivity contribution in [2.24, 2.45) is 0 Å². The van der Waals surface area contributed by atoms with E-state index >= 15 is 0 Å². The molecule has 1 aromatic carbocycles. The molecule has 0 fully saturated rings. The van der Waals surface area contributed by atoms with Gasteiger partial charge in [-0.25, -0.2) is 17.9 Å². The van der Waals surface area contributed by atoms with Gasteiger partial charge in [0, 0.05) is 0 Å². The molecule has 0 aliphatic heterocycles. The summed E-state index contributed by atoms with van der Waals surface area (Å²) in [5.41, 5.74) is -1.15. The van der Waals surface area contributed by atoms with Crippen molar-refractivity contribution in [2.45, 2.75) is 37.2 Å². The van der Waals surface area contributed by atoms with E-state index in [0.29, 0.717) is 0 Å². The van der Waals surface area contributed by atoms with Gasteiger partial charge in [-0.15, -0.1) is 0 Å². The van der Waals surface area contributed by atoms with Crippen LogP contribution in [0.1, 0.15) is 32.3 Å². The smallest absolute Gasteiger partial charge is 0.336 e. The Balaban J connectivity index is 2.87. The first kappa shape index (κ1) is 16.6. The monoisotopic (exact) mass is 301 g/mol. The fraction of sp³-hybridized carbons (Fsp3) is 0.462. The molecular weight excluding hydrogens is 282 g/mol. The van der Waals surface area contributed by atoms with Gasteiger partial charge in [0.2, 0.25) is 10.0 Å². The highest BCUT2D eigenvalue weighted by Crippen LogP contribution is 2.17. The van der Waals surface area contributed by atoms with Crippen LogP contribution in [0.2, 0.25) is 0 Å². The molecule has 0 aromatic heterocycles. The zero-order chi connectivity index (χ0) is 15.6. The molecule has 0 aliphatic carbocycles. The lowest BCUT2D eigenvalue weighted by Gasteiger charge is -2.18. The first-order valence-corrected chi connectivity index (χ1v) is 7.60. The minimum absolute atomic E-state index is 0.0306. The molecule has 0 saturated carbocycles. The average molecular weight is 301 g/mol. The normalized spacial score (nSPS) is 15.1. The molecule has 0 saturated heterocycles. The van der Waals surface area contributed by atoms with E-state index in [1.807, 2.05) is 13.8 Å². The number of benzene rings is 1. The second-order valence-corrected chi connectivity index (χ2v) is 6.89. The first-order chi connectivity index (χ1) is 9.06. The Hall–Kier alpha value is -1.44. The summed E-state index contributed by atoms with van der Waals surface area (Å²) in [5, 5.41) is 18.2. The highest BCUT2D eigenvalue weighted by atomic mass is 32.2. The summed E-state index contributed by atoms with van der Waals surface area (Å²) in [6.45, 7) is 4.41. The number of hydrogen-bond acceptors (Lipinski definition) is 4. The molecule has 20 heavy (non-hydrogen) atoms. The summed E-state index contributed by atoms with van der Waals surface area (Å²) in [6.07, 6.45) is 0. The van der Waals surface area contributed by atoms with E-state index in [0.717, 1.165) is 12.5 Å². The Bertz CT molecular complexity index is 575. The maximum atomic E-state index is 12.0. The van der Waals surface area contributed by atoms with Gasteiger partial charge in [-0.05, 0) is 30.5 Å². The lowest BCUT2D eigenvalue weighted by molar-refractivity contribution is -0.155. The van der Waals surface area contributed by atoms with Crippen LogP contribution in [0.4, 0.5) is 0 Å². The molecule has 0 amide bonds. The summed E-state index contributed by atoms with van der Waals surface area (Å²) in [5.74, 6) is -1.21. The number of nitrogens with one attached hydrogen (secondary N) is 1. The Morgan fingerprint density at radius 2 is 1.80 bits per heavy atom. The van der Waals surface area contributed by atoms with E-state index in [-0.39, 0.29) is 10.8 Å². The summed E-state index contributed by atoms with van der Waals surface area (Å²) >= 11 is 0. The Morgan fingerprint density at radius 1 is 1.30 bits per heavy atom. The SMILES string of the molecule is CC(C)c1ccc(S(=O)(=O)NCC(C)(O)C(=O)O)cc1. The minimum Gasteiger partial charge on any atom is -0.479 e. The van der Waals surface area contributed by atoms with Gasteiger partial charge in [0.15, 0.2) is 5.60 Å². The molecule has 0 spiro atoms. The van der Waals surface area contributed by atoms with Gasteiger partial charge in [0.05, 0.1) is 11.4 Å². The van der Waals surface area contributed by atoms with Gasteiger partial charge in [0.25, 0.3) is 0 Å². The third-order valence-corrected chi connectivity index (χ3v) is 4.34. The molecule has 3 N–H and O–H groups in total. The second-order valence-electron chi connectivity index (χ2n) is 5.13. The molecule has 1 atom stereocenters. The van der Waals surface area contributed by atoms with Crippen LogP contribution in [0.25, 0.3) is 0 Å². The van der Waals surface area contributed by atoms with Crippen molar-refractivity contribution in [3.8, 4) is 0 Å². The van der Waals surface area contributed by atoms with Crippen molar-refractivity contribution in [3.05, 3.63) is 29.8 Å². The van der Waals surface area contributed by atoms with E-state index in [1.54, 1.807) is 12.1 Å². The van der Waals surface area contributed by atoms with Crippen LogP contribution in [0.15, 0.2) is 29.2 Å². The van der Waals surface area contributed by atoms with Gasteiger partial charge in [-0.1, -0.05) is 26.0 Å². The molecular formula is C13H19NO5S. The van der Waals surface area contributed by atoms with Crippen molar-refractivity contribution in [1.82, 2.24) is 4.72 Å². The van der Waals surface area contributed by atoms with E-state index in [1.165, 1.54) is 12.1 Å². The zero-order valence-electron chi connectivity index (χ0n) is 11.6. The third-order valence-electron chi connectivity index (χ3n) is 2.92. The molecule has 1 unspecified atom stereocenters. The van der Waals surface area contributed by atoms with Gasteiger partial charge >= 0.3 is 5.97 Å². The van der Waals surface area contributed by atoms with Crippen molar-refractivity contribution in [3.63, 3.8) is 0 Å². The number of sulfonamides is 1. The summed E-state index contributed by atoms with van der Waals surface area (Å²) in [4.78, 5) is 10.7.